The van der Waals surface area contributed by atoms with E-state index in [1.54, 1.807) is 0 Å². The number of amides is 1. The lowest BCUT2D eigenvalue weighted by Crippen LogP contribution is -2.28. The van der Waals surface area contributed by atoms with Crippen molar-refractivity contribution in [2.24, 2.45) is 0 Å². The average Bonchev–Trinajstić information content (AvgIpc) is 2.67. The normalized spacial score (nSPS) is 14.8. The standard InChI is InChI=1S/C21H25NO2S2/c1-15-4-9-19(16(2)14-15)24-11-10-22-20(23)17-5-7-18(8-6-17)21-25-12-3-13-26-21/h4-9,14,21H,3,10-13H2,1-2H3,(H,22,23). The maximum absolute atomic E-state index is 12.3. The van der Waals surface area contributed by atoms with E-state index in [1.165, 1.54) is 29.1 Å². The zero-order valence-electron chi connectivity index (χ0n) is 15.3. The van der Waals surface area contributed by atoms with Crippen molar-refractivity contribution < 1.29 is 9.53 Å². The molecule has 0 unspecified atom stereocenters. The van der Waals surface area contributed by atoms with Crippen LogP contribution in [0.5, 0.6) is 5.75 Å². The van der Waals surface area contributed by atoms with E-state index in [2.05, 4.69) is 30.4 Å². The molecule has 138 valence electrons. The average molecular weight is 388 g/mol. The molecule has 0 spiro atoms. The van der Waals surface area contributed by atoms with Crippen molar-refractivity contribution in [3.05, 3.63) is 64.7 Å². The summed E-state index contributed by atoms with van der Waals surface area (Å²) >= 11 is 3.99. The van der Waals surface area contributed by atoms with Crippen molar-refractivity contribution in [1.82, 2.24) is 5.32 Å². The number of benzene rings is 2. The van der Waals surface area contributed by atoms with Gasteiger partial charge in [0.2, 0.25) is 0 Å². The van der Waals surface area contributed by atoms with Gasteiger partial charge in [-0.25, -0.2) is 0 Å². The lowest BCUT2D eigenvalue weighted by atomic mass is 10.1. The number of carbonyl (C=O) groups excluding carboxylic acids is 1. The Morgan fingerprint density at radius 1 is 1.12 bits per heavy atom. The minimum Gasteiger partial charge on any atom is -0.491 e. The number of hydrogen-bond donors (Lipinski definition) is 1. The highest BCUT2D eigenvalue weighted by Gasteiger charge is 2.16. The van der Waals surface area contributed by atoms with Crippen LogP contribution in [0.1, 0.15) is 38.1 Å². The minimum atomic E-state index is -0.0512. The number of aryl methyl sites for hydroxylation is 2. The van der Waals surface area contributed by atoms with Crippen LogP contribution in [0.3, 0.4) is 0 Å². The quantitative estimate of drug-likeness (QED) is 0.710. The van der Waals surface area contributed by atoms with Gasteiger partial charge in [-0.15, -0.1) is 23.5 Å². The van der Waals surface area contributed by atoms with Crippen LogP contribution >= 0.6 is 23.5 Å². The Labute approximate surface area is 164 Å². The molecule has 1 aliphatic heterocycles. The van der Waals surface area contributed by atoms with Crippen molar-refractivity contribution in [2.75, 3.05) is 24.7 Å². The van der Waals surface area contributed by atoms with Crippen molar-refractivity contribution in [3.8, 4) is 5.75 Å². The highest BCUT2D eigenvalue weighted by Crippen LogP contribution is 2.43. The summed E-state index contributed by atoms with van der Waals surface area (Å²) in [5, 5.41) is 2.92. The van der Waals surface area contributed by atoms with E-state index in [0.29, 0.717) is 23.3 Å². The second-order valence-electron chi connectivity index (χ2n) is 6.42. The van der Waals surface area contributed by atoms with E-state index in [0.717, 1.165) is 11.3 Å². The van der Waals surface area contributed by atoms with Crippen LogP contribution in [0.4, 0.5) is 0 Å². The summed E-state index contributed by atoms with van der Waals surface area (Å²) in [5.41, 5.74) is 4.34. The molecule has 5 heteroatoms. The van der Waals surface area contributed by atoms with Crippen LogP contribution in [-0.4, -0.2) is 30.6 Å². The van der Waals surface area contributed by atoms with Crippen molar-refractivity contribution >= 4 is 29.4 Å². The Balaban J connectivity index is 1.45. The van der Waals surface area contributed by atoms with Crippen molar-refractivity contribution in [3.63, 3.8) is 0 Å². The molecule has 0 saturated carbocycles. The van der Waals surface area contributed by atoms with Gasteiger partial charge in [-0.2, -0.15) is 0 Å². The predicted molar refractivity (Wildman–Crippen MR) is 112 cm³/mol. The van der Waals surface area contributed by atoms with Gasteiger partial charge >= 0.3 is 0 Å². The summed E-state index contributed by atoms with van der Waals surface area (Å²) in [6, 6.07) is 14.1. The van der Waals surface area contributed by atoms with E-state index in [4.69, 9.17) is 4.74 Å². The first kappa shape index (κ1) is 19.2. The van der Waals surface area contributed by atoms with Gasteiger partial charge in [-0.05, 0) is 61.1 Å². The van der Waals surface area contributed by atoms with Crippen LogP contribution in [0.25, 0.3) is 0 Å². The first-order valence-electron chi connectivity index (χ1n) is 8.95. The maximum atomic E-state index is 12.3. The van der Waals surface area contributed by atoms with Crippen LogP contribution in [-0.2, 0) is 0 Å². The van der Waals surface area contributed by atoms with Crippen LogP contribution < -0.4 is 10.1 Å². The second kappa shape index (κ2) is 9.38. The van der Waals surface area contributed by atoms with E-state index in [1.807, 2.05) is 54.7 Å². The molecule has 1 aliphatic rings. The van der Waals surface area contributed by atoms with Gasteiger partial charge < -0.3 is 10.1 Å². The van der Waals surface area contributed by atoms with Gasteiger partial charge in [-0.3, -0.25) is 4.79 Å². The molecule has 1 heterocycles. The highest BCUT2D eigenvalue weighted by atomic mass is 32.2. The Morgan fingerprint density at radius 3 is 2.54 bits per heavy atom. The predicted octanol–water partition coefficient (Wildman–Crippen LogP) is 4.98. The van der Waals surface area contributed by atoms with Crippen LogP contribution in [0.15, 0.2) is 42.5 Å². The zero-order valence-corrected chi connectivity index (χ0v) is 16.9. The summed E-state index contributed by atoms with van der Waals surface area (Å²) in [5.74, 6) is 3.27. The smallest absolute Gasteiger partial charge is 0.251 e. The van der Waals surface area contributed by atoms with E-state index >= 15 is 0 Å². The molecule has 2 aromatic rings. The van der Waals surface area contributed by atoms with Crippen LogP contribution in [0, 0.1) is 13.8 Å². The van der Waals surface area contributed by atoms with Gasteiger partial charge in [-0.1, -0.05) is 29.8 Å². The first-order chi connectivity index (χ1) is 12.6. The molecule has 26 heavy (non-hydrogen) atoms. The molecule has 3 nitrogen and oxygen atoms in total. The number of carbonyl (C=O) groups is 1. The Bertz CT molecular complexity index is 740. The number of hydrogen-bond acceptors (Lipinski definition) is 4. The molecule has 3 rings (SSSR count). The van der Waals surface area contributed by atoms with Crippen molar-refractivity contribution in [2.45, 2.75) is 24.9 Å². The van der Waals surface area contributed by atoms with Gasteiger partial charge in [0, 0.05) is 5.56 Å². The molecule has 1 saturated heterocycles. The third-order valence-electron chi connectivity index (χ3n) is 4.25. The highest BCUT2D eigenvalue weighted by molar-refractivity contribution is 8.16. The first-order valence-corrected chi connectivity index (χ1v) is 11.0. The molecule has 1 N–H and O–H groups in total. The number of thioether (sulfide) groups is 2. The molecular formula is C21H25NO2S2. The Morgan fingerprint density at radius 2 is 1.85 bits per heavy atom. The number of nitrogens with one attached hydrogen (secondary N) is 1. The lowest BCUT2D eigenvalue weighted by Gasteiger charge is -2.21. The summed E-state index contributed by atoms with van der Waals surface area (Å²) in [6.07, 6.45) is 1.29. The molecular weight excluding hydrogens is 362 g/mol. The number of ether oxygens (including phenoxy) is 1. The Kier molecular flexibility index (Phi) is 6.92. The SMILES string of the molecule is Cc1ccc(OCCNC(=O)c2ccc(C3SCCCS3)cc2)c(C)c1. The van der Waals surface area contributed by atoms with Crippen LogP contribution in [0.2, 0.25) is 0 Å². The van der Waals surface area contributed by atoms with Gasteiger partial charge in [0.25, 0.3) is 5.91 Å². The second-order valence-corrected chi connectivity index (χ2v) is 9.15. The fourth-order valence-corrected chi connectivity index (χ4v) is 5.76. The molecule has 0 radical (unpaired) electrons. The molecule has 1 fully saturated rings. The topological polar surface area (TPSA) is 38.3 Å². The molecule has 0 aliphatic carbocycles. The fourth-order valence-electron chi connectivity index (χ4n) is 2.86. The maximum Gasteiger partial charge on any atom is 0.251 e. The summed E-state index contributed by atoms with van der Waals surface area (Å²) in [7, 11) is 0. The van der Waals surface area contributed by atoms with Gasteiger partial charge in [0.15, 0.2) is 0 Å². The summed E-state index contributed by atoms with van der Waals surface area (Å²) in [6.45, 7) is 5.05. The molecule has 0 bridgehead atoms. The van der Waals surface area contributed by atoms with E-state index in [9.17, 15) is 4.79 Å². The molecule has 1 amide bonds. The van der Waals surface area contributed by atoms with Gasteiger partial charge in [0.1, 0.15) is 12.4 Å². The van der Waals surface area contributed by atoms with E-state index in [-0.39, 0.29) is 5.91 Å². The van der Waals surface area contributed by atoms with Gasteiger partial charge in [0.05, 0.1) is 11.1 Å². The lowest BCUT2D eigenvalue weighted by molar-refractivity contribution is 0.0947. The number of rotatable bonds is 6. The summed E-state index contributed by atoms with van der Waals surface area (Å²) < 4.78 is 6.26. The molecule has 0 aromatic heterocycles. The van der Waals surface area contributed by atoms with Crippen molar-refractivity contribution in [1.29, 1.82) is 0 Å². The van der Waals surface area contributed by atoms with E-state index < -0.39 is 0 Å². The molecule has 2 aromatic carbocycles. The minimum absolute atomic E-state index is 0.0512. The molecule has 0 atom stereocenters. The largest absolute Gasteiger partial charge is 0.491 e. The fraction of sp³-hybridized carbons (Fsp3) is 0.381. The zero-order chi connectivity index (χ0) is 18.4. The Hall–Kier alpha value is -1.59. The summed E-state index contributed by atoms with van der Waals surface area (Å²) in [4.78, 5) is 12.3. The third-order valence-corrected chi connectivity index (χ3v) is 7.26. The third kappa shape index (κ3) is 5.21. The monoisotopic (exact) mass is 387 g/mol.